The largest absolute Gasteiger partial charge is 0.355 e. The van der Waals surface area contributed by atoms with Gasteiger partial charge in [-0.15, -0.1) is 0 Å². The van der Waals surface area contributed by atoms with Crippen molar-refractivity contribution in [2.75, 3.05) is 12.4 Å². The number of nitrogens with one attached hydrogen (secondary N) is 3. The van der Waals surface area contributed by atoms with Crippen molar-refractivity contribution in [2.45, 2.75) is 12.8 Å². The molecule has 0 radical (unpaired) electrons. The van der Waals surface area contributed by atoms with E-state index >= 15 is 0 Å². The molecular weight excluding hydrogens is 332 g/mol. The van der Waals surface area contributed by atoms with Crippen molar-refractivity contribution in [3.05, 3.63) is 70.3 Å². The first kappa shape index (κ1) is 17.3. The third-order valence-electron chi connectivity index (χ3n) is 3.89. The van der Waals surface area contributed by atoms with Crippen LogP contribution in [0.15, 0.2) is 53.3 Å². The summed E-state index contributed by atoms with van der Waals surface area (Å²) in [5.74, 6) is 0.0110. The Labute approximate surface area is 149 Å². The van der Waals surface area contributed by atoms with Crippen LogP contribution >= 0.6 is 0 Å². The second-order valence-electron chi connectivity index (χ2n) is 5.74. The van der Waals surface area contributed by atoms with Gasteiger partial charge in [-0.1, -0.05) is 18.2 Å². The number of amides is 2. The van der Waals surface area contributed by atoms with Crippen LogP contribution in [0.4, 0.5) is 5.69 Å². The third-order valence-corrected chi connectivity index (χ3v) is 3.89. The molecule has 7 heteroatoms. The number of benzene rings is 2. The molecule has 3 aromatic rings. The summed E-state index contributed by atoms with van der Waals surface area (Å²) in [5, 5.41) is 5.80. The summed E-state index contributed by atoms with van der Waals surface area (Å²) in [6, 6.07) is 13.7. The number of fused-ring (bicyclic) bond motifs is 1. The SMILES string of the molecule is CNC(=O)c1cccc(NC(=O)CCc2nc3ccccc3c(=O)[nH]2)c1. The monoisotopic (exact) mass is 350 g/mol. The highest BCUT2D eigenvalue weighted by Crippen LogP contribution is 2.12. The highest BCUT2D eigenvalue weighted by Gasteiger charge is 2.09. The summed E-state index contributed by atoms with van der Waals surface area (Å²) in [5.41, 5.74) is 1.39. The number of hydrogen-bond donors (Lipinski definition) is 3. The van der Waals surface area contributed by atoms with Crippen LogP contribution in [0.5, 0.6) is 0 Å². The Bertz CT molecular complexity index is 1030. The number of aryl methyl sites for hydroxylation is 1. The second-order valence-corrected chi connectivity index (χ2v) is 5.74. The van der Waals surface area contributed by atoms with Crippen molar-refractivity contribution in [2.24, 2.45) is 0 Å². The topological polar surface area (TPSA) is 104 Å². The van der Waals surface area contributed by atoms with Crippen LogP contribution in [0.3, 0.4) is 0 Å². The molecule has 2 amide bonds. The summed E-state index contributed by atoms with van der Waals surface area (Å²) in [7, 11) is 1.55. The fourth-order valence-electron chi connectivity index (χ4n) is 2.59. The first-order valence-electron chi connectivity index (χ1n) is 8.17. The van der Waals surface area contributed by atoms with E-state index in [1.165, 1.54) is 0 Å². The van der Waals surface area contributed by atoms with Crippen LogP contribution in [0.2, 0.25) is 0 Å². The van der Waals surface area contributed by atoms with Crippen LogP contribution in [0.25, 0.3) is 10.9 Å². The quantitative estimate of drug-likeness (QED) is 0.653. The minimum Gasteiger partial charge on any atom is -0.355 e. The lowest BCUT2D eigenvalue weighted by molar-refractivity contribution is -0.116. The number of carbonyl (C=O) groups excluding carboxylic acids is 2. The number of carbonyl (C=O) groups is 2. The standard InChI is InChI=1S/C19H18N4O3/c1-20-18(25)12-5-4-6-13(11-12)21-17(24)10-9-16-22-15-8-3-2-7-14(15)19(26)23-16/h2-8,11H,9-10H2,1H3,(H,20,25)(H,21,24)(H,22,23,26). The molecule has 0 bridgehead atoms. The molecule has 7 nitrogen and oxygen atoms in total. The zero-order chi connectivity index (χ0) is 18.5. The number of H-pyrrole nitrogens is 1. The van der Waals surface area contributed by atoms with Crippen LogP contribution in [-0.2, 0) is 11.2 Å². The number of hydrogen-bond acceptors (Lipinski definition) is 4. The average molecular weight is 350 g/mol. The molecule has 0 spiro atoms. The predicted octanol–water partition coefficient (Wildman–Crippen LogP) is 1.85. The molecule has 0 atom stereocenters. The predicted molar refractivity (Wildman–Crippen MR) is 99.1 cm³/mol. The van der Waals surface area contributed by atoms with Gasteiger partial charge in [0, 0.05) is 31.1 Å². The number of aromatic nitrogens is 2. The van der Waals surface area contributed by atoms with Gasteiger partial charge in [-0.05, 0) is 30.3 Å². The van der Waals surface area contributed by atoms with E-state index in [0.29, 0.717) is 34.4 Å². The van der Waals surface area contributed by atoms with Crippen molar-refractivity contribution in [1.82, 2.24) is 15.3 Å². The van der Waals surface area contributed by atoms with E-state index in [1.807, 2.05) is 6.07 Å². The lowest BCUT2D eigenvalue weighted by Crippen LogP contribution is -2.19. The van der Waals surface area contributed by atoms with Gasteiger partial charge in [0.1, 0.15) is 5.82 Å². The van der Waals surface area contributed by atoms with E-state index in [9.17, 15) is 14.4 Å². The zero-order valence-corrected chi connectivity index (χ0v) is 14.2. The smallest absolute Gasteiger partial charge is 0.258 e. The molecule has 1 aromatic heterocycles. The Morgan fingerprint density at radius 3 is 2.73 bits per heavy atom. The Morgan fingerprint density at radius 1 is 1.12 bits per heavy atom. The van der Waals surface area contributed by atoms with Crippen molar-refractivity contribution in [3.63, 3.8) is 0 Å². The molecule has 0 aliphatic heterocycles. The van der Waals surface area contributed by atoms with Crippen molar-refractivity contribution >= 4 is 28.4 Å². The summed E-state index contributed by atoms with van der Waals surface area (Å²) in [6.45, 7) is 0. The first-order valence-corrected chi connectivity index (χ1v) is 8.17. The van der Waals surface area contributed by atoms with E-state index in [2.05, 4.69) is 20.6 Å². The molecule has 3 N–H and O–H groups in total. The number of nitrogens with zero attached hydrogens (tertiary/aromatic N) is 1. The Kier molecular flexibility index (Phi) is 5.07. The number of anilines is 1. The number of aromatic amines is 1. The molecule has 0 unspecified atom stereocenters. The summed E-state index contributed by atoms with van der Waals surface area (Å²) >= 11 is 0. The highest BCUT2D eigenvalue weighted by molar-refractivity contribution is 5.97. The maximum absolute atomic E-state index is 12.2. The molecule has 1 heterocycles. The minimum absolute atomic E-state index is 0.158. The van der Waals surface area contributed by atoms with Gasteiger partial charge < -0.3 is 15.6 Å². The van der Waals surface area contributed by atoms with Gasteiger partial charge in [-0.3, -0.25) is 14.4 Å². The van der Waals surface area contributed by atoms with Crippen LogP contribution in [0, 0.1) is 0 Å². The summed E-state index contributed by atoms with van der Waals surface area (Å²) in [4.78, 5) is 42.9. The van der Waals surface area contributed by atoms with E-state index in [0.717, 1.165) is 0 Å². The van der Waals surface area contributed by atoms with Gasteiger partial charge in [-0.25, -0.2) is 4.98 Å². The fourth-order valence-corrected chi connectivity index (χ4v) is 2.59. The van der Waals surface area contributed by atoms with Gasteiger partial charge in [-0.2, -0.15) is 0 Å². The lowest BCUT2D eigenvalue weighted by atomic mass is 10.2. The maximum Gasteiger partial charge on any atom is 0.258 e. The molecule has 26 heavy (non-hydrogen) atoms. The summed E-state index contributed by atoms with van der Waals surface area (Å²) < 4.78 is 0. The van der Waals surface area contributed by atoms with Crippen molar-refractivity contribution in [1.29, 1.82) is 0 Å². The molecule has 0 aliphatic carbocycles. The zero-order valence-electron chi connectivity index (χ0n) is 14.2. The maximum atomic E-state index is 12.2. The second kappa shape index (κ2) is 7.60. The normalized spacial score (nSPS) is 10.5. The van der Waals surface area contributed by atoms with Gasteiger partial charge in [0.25, 0.3) is 11.5 Å². The molecule has 2 aromatic carbocycles. The molecule has 0 fully saturated rings. The molecular formula is C19H18N4O3. The van der Waals surface area contributed by atoms with Gasteiger partial charge in [0.15, 0.2) is 0 Å². The molecule has 0 saturated carbocycles. The van der Waals surface area contributed by atoms with Gasteiger partial charge in [0.2, 0.25) is 5.91 Å². The molecule has 0 saturated heterocycles. The third kappa shape index (κ3) is 3.94. The number of para-hydroxylation sites is 1. The van der Waals surface area contributed by atoms with Gasteiger partial charge >= 0.3 is 0 Å². The van der Waals surface area contributed by atoms with E-state index in [1.54, 1.807) is 49.5 Å². The average Bonchev–Trinajstić information content (AvgIpc) is 2.66. The molecule has 3 rings (SSSR count). The lowest BCUT2D eigenvalue weighted by Gasteiger charge is -2.07. The Morgan fingerprint density at radius 2 is 1.92 bits per heavy atom. The van der Waals surface area contributed by atoms with E-state index < -0.39 is 0 Å². The number of rotatable bonds is 5. The highest BCUT2D eigenvalue weighted by atomic mass is 16.2. The Balaban J connectivity index is 1.66. The molecule has 132 valence electrons. The van der Waals surface area contributed by atoms with Crippen molar-refractivity contribution < 1.29 is 9.59 Å². The van der Waals surface area contributed by atoms with Crippen LogP contribution in [-0.4, -0.2) is 28.8 Å². The Hall–Kier alpha value is -3.48. The van der Waals surface area contributed by atoms with Crippen molar-refractivity contribution in [3.8, 4) is 0 Å². The minimum atomic E-state index is -0.227. The summed E-state index contributed by atoms with van der Waals surface area (Å²) in [6.07, 6.45) is 0.465. The van der Waals surface area contributed by atoms with Crippen LogP contribution < -0.4 is 16.2 Å². The van der Waals surface area contributed by atoms with E-state index in [4.69, 9.17) is 0 Å². The van der Waals surface area contributed by atoms with Gasteiger partial charge in [0.05, 0.1) is 10.9 Å². The fraction of sp³-hybridized carbons (Fsp3) is 0.158. The first-order chi connectivity index (χ1) is 12.6. The van der Waals surface area contributed by atoms with Crippen LogP contribution in [0.1, 0.15) is 22.6 Å². The molecule has 0 aliphatic rings. The van der Waals surface area contributed by atoms with E-state index in [-0.39, 0.29) is 23.8 Å².